The first-order valence-electron chi connectivity index (χ1n) is 10.1. The Balaban J connectivity index is 1.76. The van der Waals surface area contributed by atoms with Gasteiger partial charge < -0.3 is 4.74 Å². The number of ketones is 1. The summed E-state index contributed by atoms with van der Waals surface area (Å²) in [6, 6.07) is 8.27. The van der Waals surface area contributed by atoms with E-state index >= 15 is 0 Å². The standard InChI is InChI=1S/C24H28O3S/c1-4-27-24(26)23-20-7-5-6-8-21(20)28-22(23)15-19(25)14-11-17-9-12-18(13-10-17)16(2)3/h9-14,16H,4-8,15H2,1-3H3. The van der Waals surface area contributed by atoms with Crippen LogP contribution in [0, 0.1) is 0 Å². The van der Waals surface area contributed by atoms with E-state index in [1.54, 1.807) is 17.4 Å². The van der Waals surface area contributed by atoms with Crippen molar-refractivity contribution in [3.63, 3.8) is 0 Å². The van der Waals surface area contributed by atoms with E-state index in [-0.39, 0.29) is 18.2 Å². The van der Waals surface area contributed by atoms with Crippen molar-refractivity contribution in [2.45, 2.75) is 58.8 Å². The summed E-state index contributed by atoms with van der Waals surface area (Å²) in [5.41, 5.74) is 4.07. The summed E-state index contributed by atoms with van der Waals surface area (Å²) in [5, 5.41) is 0. The number of benzene rings is 1. The van der Waals surface area contributed by atoms with Gasteiger partial charge in [0.15, 0.2) is 5.78 Å². The molecule has 4 heteroatoms. The number of carbonyl (C=O) groups is 2. The van der Waals surface area contributed by atoms with Crippen LogP contribution in [-0.2, 0) is 28.8 Å². The van der Waals surface area contributed by atoms with Crippen molar-refractivity contribution in [3.8, 4) is 0 Å². The van der Waals surface area contributed by atoms with Crippen molar-refractivity contribution in [1.29, 1.82) is 0 Å². The van der Waals surface area contributed by atoms with Gasteiger partial charge in [0.2, 0.25) is 0 Å². The average Bonchev–Trinajstić information content (AvgIpc) is 3.04. The molecule has 1 aliphatic rings. The fraction of sp³-hybridized carbons (Fsp3) is 0.417. The predicted molar refractivity (Wildman–Crippen MR) is 115 cm³/mol. The molecule has 0 N–H and O–H groups in total. The molecule has 0 unspecified atom stereocenters. The summed E-state index contributed by atoms with van der Waals surface area (Å²) in [6.07, 6.45) is 7.88. The fourth-order valence-electron chi connectivity index (χ4n) is 3.59. The normalized spacial score (nSPS) is 13.7. The first-order chi connectivity index (χ1) is 13.5. The van der Waals surface area contributed by atoms with Crippen molar-refractivity contribution in [1.82, 2.24) is 0 Å². The number of aryl methyl sites for hydroxylation is 1. The molecular weight excluding hydrogens is 368 g/mol. The smallest absolute Gasteiger partial charge is 0.339 e. The number of hydrogen-bond donors (Lipinski definition) is 0. The number of thiophene rings is 1. The van der Waals surface area contributed by atoms with Crippen LogP contribution in [0.1, 0.15) is 76.3 Å². The van der Waals surface area contributed by atoms with E-state index in [0.717, 1.165) is 41.7 Å². The number of fused-ring (bicyclic) bond motifs is 1. The number of esters is 1. The third-order valence-electron chi connectivity index (χ3n) is 5.12. The second kappa shape index (κ2) is 9.33. The van der Waals surface area contributed by atoms with Crippen LogP contribution >= 0.6 is 11.3 Å². The van der Waals surface area contributed by atoms with Crippen molar-refractivity contribution in [2.24, 2.45) is 0 Å². The molecule has 0 saturated carbocycles. The molecule has 0 saturated heterocycles. The van der Waals surface area contributed by atoms with Crippen molar-refractivity contribution < 1.29 is 14.3 Å². The maximum atomic E-state index is 12.6. The number of hydrogen-bond acceptors (Lipinski definition) is 4. The van der Waals surface area contributed by atoms with E-state index in [2.05, 4.69) is 26.0 Å². The Morgan fingerprint density at radius 3 is 2.54 bits per heavy atom. The SMILES string of the molecule is CCOC(=O)c1c(CC(=O)C=Cc2ccc(C(C)C)cc2)sc2c1CCCC2. The lowest BCUT2D eigenvalue weighted by Crippen LogP contribution is -2.12. The average molecular weight is 397 g/mol. The fourth-order valence-corrected chi connectivity index (χ4v) is 4.98. The minimum absolute atomic E-state index is 0.0112. The highest BCUT2D eigenvalue weighted by molar-refractivity contribution is 7.12. The van der Waals surface area contributed by atoms with Crippen LogP contribution in [0.25, 0.3) is 6.08 Å². The minimum atomic E-state index is -0.280. The summed E-state index contributed by atoms with van der Waals surface area (Å²) in [6.45, 7) is 6.49. The van der Waals surface area contributed by atoms with Gasteiger partial charge in [-0.2, -0.15) is 0 Å². The Morgan fingerprint density at radius 1 is 1.14 bits per heavy atom. The van der Waals surface area contributed by atoms with E-state index in [0.29, 0.717) is 18.1 Å². The molecule has 0 fully saturated rings. The molecule has 0 amide bonds. The molecule has 3 nitrogen and oxygen atoms in total. The van der Waals surface area contributed by atoms with Gasteiger partial charge in [0.25, 0.3) is 0 Å². The number of ether oxygens (including phenoxy) is 1. The molecule has 1 aliphatic carbocycles. The zero-order valence-corrected chi connectivity index (χ0v) is 17.7. The second-order valence-corrected chi connectivity index (χ2v) is 8.72. The van der Waals surface area contributed by atoms with Gasteiger partial charge in [0.05, 0.1) is 12.2 Å². The van der Waals surface area contributed by atoms with Gasteiger partial charge >= 0.3 is 5.97 Å². The Labute approximate surface area is 171 Å². The lowest BCUT2D eigenvalue weighted by atomic mass is 9.94. The molecule has 0 bridgehead atoms. The zero-order valence-electron chi connectivity index (χ0n) is 16.9. The Hall–Kier alpha value is -2.20. The van der Waals surface area contributed by atoms with Gasteiger partial charge in [-0.05, 0) is 61.3 Å². The first kappa shape index (κ1) is 20.5. The van der Waals surface area contributed by atoms with Gasteiger partial charge in [-0.25, -0.2) is 4.79 Å². The Kier molecular flexibility index (Phi) is 6.84. The Morgan fingerprint density at radius 2 is 1.86 bits per heavy atom. The predicted octanol–water partition coefficient (Wildman–Crippen LogP) is 5.75. The van der Waals surface area contributed by atoms with Gasteiger partial charge in [-0.15, -0.1) is 11.3 Å². The minimum Gasteiger partial charge on any atom is -0.462 e. The molecule has 148 valence electrons. The summed E-state index contributed by atoms with van der Waals surface area (Å²) in [5.74, 6) is 0.223. The maximum absolute atomic E-state index is 12.6. The molecular formula is C24H28O3S. The lowest BCUT2D eigenvalue weighted by Gasteiger charge is -2.12. The second-order valence-electron chi connectivity index (χ2n) is 7.53. The zero-order chi connectivity index (χ0) is 20.1. The molecule has 3 rings (SSSR count). The third kappa shape index (κ3) is 4.79. The first-order valence-corrected chi connectivity index (χ1v) is 10.9. The third-order valence-corrected chi connectivity index (χ3v) is 6.42. The van der Waals surface area contributed by atoms with Crippen LogP contribution in [-0.4, -0.2) is 18.4 Å². The molecule has 0 atom stereocenters. The number of allylic oxidation sites excluding steroid dienone is 1. The molecule has 1 aromatic heterocycles. The van der Waals surface area contributed by atoms with Crippen LogP contribution in [0.3, 0.4) is 0 Å². The summed E-state index contributed by atoms with van der Waals surface area (Å²) in [4.78, 5) is 27.2. The van der Waals surface area contributed by atoms with Crippen LogP contribution in [0.5, 0.6) is 0 Å². The molecule has 0 radical (unpaired) electrons. The summed E-state index contributed by atoms with van der Waals surface area (Å²) >= 11 is 1.62. The van der Waals surface area contributed by atoms with E-state index in [1.165, 1.54) is 10.4 Å². The van der Waals surface area contributed by atoms with Crippen LogP contribution < -0.4 is 0 Å². The maximum Gasteiger partial charge on any atom is 0.339 e. The quantitative estimate of drug-likeness (QED) is 0.442. The van der Waals surface area contributed by atoms with Crippen LogP contribution in [0.2, 0.25) is 0 Å². The highest BCUT2D eigenvalue weighted by atomic mass is 32.1. The van der Waals surface area contributed by atoms with Gasteiger partial charge in [0, 0.05) is 16.2 Å². The highest BCUT2D eigenvalue weighted by Crippen LogP contribution is 2.35. The van der Waals surface area contributed by atoms with Gasteiger partial charge in [-0.1, -0.05) is 44.2 Å². The van der Waals surface area contributed by atoms with E-state index in [4.69, 9.17) is 4.74 Å². The van der Waals surface area contributed by atoms with Gasteiger partial charge in [-0.3, -0.25) is 4.79 Å². The summed E-state index contributed by atoms with van der Waals surface area (Å²) < 4.78 is 5.27. The van der Waals surface area contributed by atoms with E-state index in [9.17, 15) is 9.59 Å². The van der Waals surface area contributed by atoms with Crippen molar-refractivity contribution >= 4 is 29.2 Å². The molecule has 0 spiro atoms. The molecule has 2 aromatic rings. The molecule has 1 heterocycles. The van der Waals surface area contributed by atoms with Crippen LogP contribution in [0.4, 0.5) is 0 Å². The Bertz CT molecular complexity index is 872. The topological polar surface area (TPSA) is 43.4 Å². The van der Waals surface area contributed by atoms with Crippen molar-refractivity contribution in [3.05, 3.63) is 62.3 Å². The molecule has 0 aliphatic heterocycles. The lowest BCUT2D eigenvalue weighted by molar-refractivity contribution is -0.113. The molecule has 28 heavy (non-hydrogen) atoms. The van der Waals surface area contributed by atoms with Crippen LogP contribution in [0.15, 0.2) is 30.3 Å². The summed E-state index contributed by atoms with van der Waals surface area (Å²) in [7, 11) is 0. The van der Waals surface area contributed by atoms with Crippen molar-refractivity contribution in [2.75, 3.05) is 6.61 Å². The highest BCUT2D eigenvalue weighted by Gasteiger charge is 2.26. The molecule has 1 aromatic carbocycles. The van der Waals surface area contributed by atoms with Gasteiger partial charge in [0.1, 0.15) is 0 Å². The monoisotopic (exact) mass is 396 g/mol. The largest absolute Gasteiger partial charge is 0.462 e. The number of rotatable bonds is 7. The van der Waals surface area contributed by atoms with E-state index < -0.39 is 0 Å². The number of carbonyl (C=O) groups excluding carboxylic acids is 2. The van der Waals surface area contributed by atoms with E-state index in [1.807, 2.05) is 25.1 Å².